The number of hydrogen-bond donors (Lipinski definition) is 2. The number of aromatic nitrogens is 2. The molecule has 1 aromatic heterocycles. The van der Waals surface area contributed by atoms with E-state index in [-0.39, 0.29) is 6.54 Å². The second kappa shape index (κ2) is 7.24. The van der Waals surface area contributed by atoms with Gasteiger partial charge in [-0.05, 0) is 26.0 Å². The van der Waals surface area contributed by atoms with Crippen LogP contribution in [0.4, 0.5) is 23.4 Å². The zero-order chi connectivity index (χ0) is 21.6. The zero-order valence-corrected chi connectivity index (χ0v) is 16.1. The molecule has 1 aromatic carbocycles. The van der Waals surface area contributed by atoms with Gasteiger partial charge in [-0.1, -0.05) is 6.07 Å². The lowest BCUT2D eigenvalue weighted by molar-refractivity contribution is -0.140. The quantitative estimate of drug-likeness (QED) is 0.726. The molecule has 11 heteroatoms. The third kappa shape index (κ3) is 3.34. The molecule has 0 saturated carbocycles. The molecule has 2 aromatic rings. The van der Waals surface area contributed by atoms with E-state index in [2.05, 4.69) is 20.9 Å². The first-order chi connectivity index (χ1) is 14.2. The third-order valence-corrected chi connectivity index (χ3v) is 5.14. The Balaban J connectivity index is 1.62. The highest BCUT2D eigenvalue weighted by molar-refractivity contribution is 5.95. The number of alkyl halides is 3. The summed E-state index contributed by atoms with van der Waals surface area (Å²) in [6.07, 6.45) is -2.86. The van der Waals surface area contributed by atoms with Gasteiger partial charge in [0.2, 0.25) is 0 Å². The van der Waals surface area contributed by atoms with Gasteiger partial charge in [0.15, 0.2) is 5.82 Å². The van der Waals surface area contributed by atoms with E-state index < -0.39 is 35.1 Å². The molecular weight excluding hydrogens is 404 g/mol. The average molecular weight is 422 g/mol. The summed E-state index contributed by atoms with van der Waals surface area (Å²) in [6, 6.07) is 3.93. The summed E-state index contributed by atoms with van der Waals surface area (Å²) in [4.78, 5) is 22.7. The van der Waals surface area contributed by atoms with Crippen LogP contribution in [0.2, 0.25) is 0 Å². The monoisotopic (exact) mass is 422 g/mol. The molecule has 2 N–H and O–H groups in total. The molecule has 158 valence electrons. The maximum absolute atomic E-state index is 14.5. The third-order valence-electron chi connectivity index (χ3n) is 5.14. The maximum Gasteiger partial charge on any atom is 0.419 e. The molecule has 1 unspecified atom stereocenters. The number of anilines is 1. The molecule has 7 nitrogen and oxygen atoms in total. The van der Waals surface area contributed by atoms with Crippen LogP contribution in [0.1, 0.15) is 35.1 Å². The topological polar surface area (TPSA) is 73.4 Å². The van der Waals surface area contributed by atoms with Gasteiger partial charge in [-0.15, -0.1) is 5.53 Å². The molecule has 3 heterocycles. The van der Waals surface area contributed by atoms with Crippen molar-refractivity contribution in [3.63, 3.8) is 0 Å². The standard InChI is InChI=1S/C19H18F4N6O/c1-10-17-14(29(27-26-17)15-6-8-24-11(2)25-15)7-9-28(10)18(30)12-4-3-5-13(16(12)20)19(21,22)23/h3-6,8,10,26-27H,7,9H2,1-2H3. The normalized spacial score (nSPS) is 19.1. The van der Waals surface area contributed by atoms with Gasteiger partial charge in [-0.25, -0.2) is 19.4 Å². The van der Waals surface area contributed by atoms with Crippen molar-refractivity contribution in [3.05, 3.63) is 64.6 Å². The van der Waals surface area contributed by atoms with Gasteiger partial charge < -0.3 is 10.3 Å². The molecule has 0 fully saturated rings. The summed E-state index contributed by atoms with van der Waals surface area (Å²) in [5.41, 5.74) is 5.41. The molecule has 0 bridgehead atoms. The first-order valence-electron chi connectivity index (χ1n) is 9.19. The van der Waals surface area contributed by atoms with Gasteiger partial charge in [0, 0.05) is 25.2 Å². The smallest absolute Gasteiger partial charge is 0.330 e. The number of benzene rings is 1. The number of amides is 1. The largest absolute Gasteiger partial charge is 0.419 e. The lowest BCUT2D eigenvalue weighted by atomic mass is 10.0. The van der Waals surface area contributed by atoms with Crippen molar-refractivity contribution in [2.75, 3.05) is 11.6 Å². The van der Waals surface area contributed by atoms with E-state index in [0.717, 1.165) is 17.8 Å². The number of nitrogens with zero attached hydrogens (tertiary/aromatic N) is 4. The minimum atomic E-state index is -4.88. The van der Waals surface area contributed by atoms with Crippen molar-refractivity contribution in [3.8, 4) is 0 Å². The van der Waals surface area contributed by atoms with E-state index in [9.17, 15) is 22.4 Å². The minimum Gasteiger partial charge on any atom is -0.330 e. The second-order valence-electron chi connectivity index (χ2n) is 6.98. The van der Waals surface area contributed by atoms with Crippen LogP contribution in [0.3, 0.4) is 0 Å². The number of carbonyl (C=O) groups excluding carboxylic acids is 1. The lowest BCUT2D eigenvalue weighted by Gasteiger charge is -2.34. The van der Waals surface area contributed by atoms with E-state index in [0.29, 0.717) is 29.8 Å². The highest BCUT2D eigenvalue weighted by atomic mass is 19.4. The van der Waals surface area contributed by atoms with Crippen LogP contribution in [0.25, 0.3) is 0 Å². The van der Waals surface area contributed by atoms with Crippen molar-refractivity contribution in [1.82, 2.24) is 25.8 Å². The number of aryl methyl sites for hydroxylation is 1. The molecule has 30 heavy (non-hydrogen) atoms. The maximum atomic E-state index is 14.5. The van der Waals surface area contributed by atoms with Gasteiger partial charge in [-0.2, -0.15) is 13.2 Å². The Hall–Kier alpha value is -3.21. The van der Waals surface area contributed by atoms with Gasteiger partial charge in [0.25, 0.3) is 5.91 Å². The molecule has 0 radical (unpaired) electrons. The molecule has 0 aliphatic carbocycles. The van der Waals surface area contributed by atoms with Crippen molar-refractivity contribution >= 4 is 11.7 Å². The lowest BCUT2D eigenvalue weighted by Crippen LogP contribution is -2.46. The number of hydrazine groups is 2. The van der Waals surface area contributed by atoms with E-state index in [1.165, 1.54) is 4.90 Å². The van der Waals surface area contributed by atoms with Crippen LogP contribution in [-0.2, 0) is 6.18 Å². The van der Waals surface area contributed by atoms with Crippen molar-refractivity contribution < 1.29 is 22.4 Å². The fraction of sp³-hybridized carbons (Fsp3) is 0.316. The SMILES string of the molecule is Cc1nccc(N2NNC3=C2CCN(C(=O)c2cccc(C(F)(F)F)c2F)C3C)n1. The number of halogens is 4. The van der Waals surface area contributed by atoms with E-state index in [4.69, 9.17) is 0 Å². The first-order valence-corrected chi connectivity index (χ1v) is 9.19. The average Bonchev–Trinajstić information content (AvgIpc) is 3.12. The Morgan fingerprint density at radius 3 is 2.73 bits per heavy atom. The van der Waals surface area contributed by atoms with Crippen molar-refractivity contribution in [2.45, 2.75) is 32.5 Å². The van der Waals surface area contributed by atoms with Gasteiger partial charge in [0.05, 0.1) is 28.6 Å². The van der Waals surface area contributed by atoms with Crippen LogP contribution in [-0.4, -0.2) is 33.4 Å². The number of carbonyl (C=O) groups is 1. The van der Waals surface area contributed by atoms with Crippen LogP contribution in [0.5, 0.6) is 0 Å². The Labute approximate surface area is 169 Å². The number of rotatable bonds is 2. The predicted molar refractivity (Wildman–Crippen MR) is 99.1 cm³/mol. The second-order valence-corrected chi connectivity index (χ2v) is 6.98. The summed E-state index contributed by atoms with van der Waals surface area (Å²) >= 11 is 0. The van der Waals surface area contributed by atoms with E-state index in [1.807, 2.05) is 0 Å². The molecule has 2 aliphatic heterocycles. The van der Waals surface area contributed by atoms with Crippen LogP contribution in [0.15, 0.2) is 41.9 Å². The molecule has 0 saturated heterocycles. The highest BCUT2D eigenvalue weighted by Crippen LogP contribution is 2.34. The Morgan fingerprint density at radius 2 is 2.03 bits per heavy atom. The van der Waals surface area contributed by atoms with E-state index in [1.54, 1.807) is 31.1 Å². The summed E-state index contributed by atoms with van der Waals surface area (Å²) in [5, 5.41) is 1.73. The summed E-state index contributed by atoms with van der Waals surface area (Å²) in [6.45, 7) is 3.69. The summed E-state index contributed by atoms with van der Waals surface area (Å²) < 4.78 is 53.5. The molecule has 1 amide bonds. The zero-order valence-electron chi connectivity index (χ0n) is 16.1. The van der Waals surface area contributed by atoms with Crippen LogP contribution in [0, 0.1) is 12.7 Å². The van der Waals surface area contributed by atoms with Gasteiger partial charge >= 0.3 is 6.18 Å². The van der Waals surface area contributed by atoms with Crippen LogP contribution >= 0.6 is 0 Å². The molecule has 4 rings (SSSR count). The molecular formula is C19H18F4N6O. The van der Waals surface area contributed by atoms with E-state index >= 15 is 0 Å². The fourth-order valence-corrected chi connectivity index (χ4v) is 3.66. The van der Waals surface area contributed by atoms with Gasteiger partial charge in [-0.3, -0.25) is 4.79 Å². The summed E-state index contributed by atoms with van der Waals surface area (Å²) in [7, 11) is 0. The fourth-order valence-electron chi connectivity index (χ4n) is 3.66. The molecule has 2 aliphatic rings. The predicted octanol–water partition coefficient (Wildman–Crippen LogP) is 2.92. The Kier molecular flexibility index (Phi) is 4.85. The minimum absolute atomic E-state index is 0.207. The highest BCUT2D eigenvalue weighted by Gasteiger charge is 2.39. The van der Waals surface area contributed by atoms with Crippen LogP contribution < -0.4 is 16.0 Å². The Bertz CT molecular complexity index is 1040. The van der Waals surface area contributed by atoms with Gasteiger partial charge in [0.1, 0.15) is 11.6 Å². The molecule has 0 spiro atoms. The van der Waals surface area contributed by atoms with Crippen molar-refractivity contribution in [2.24, 2.45) is 0 Å². The first kappa shape index (κ1) is 20.1. The number of hydrogen-bond acceptors (Lipinski definition) is 6. The number of nitrogens with one attached hydrogen (secondary N) is 2. The summed E-state index contributed by atoms with van der Waals surface area (Å²) in [5.74, 6) is -1.16. The molecule has 1 atom stereocenters. The van der Waals surface area contributed by atoms with Crippen molar-refractivity contribution in [1.29, 1.82) is 0 Å². The Morgan fingerprint density at radius 1 is 1.27 bits per heavy atom.